The molecular formula is C20H31NO3S. The second-order valence-corrected chi connectivity index (χ2v) is 8.61. The van der Waals surface area contributed by atoms with Crippen LogP contribution in [0.2, 0.25) is 0 Å². The predicted molar refractivity (Wildman–Crippen MR) is 103 cm³/mol. The van der Waals surface area contributed by atoms with Crippen molar-refractivity contribution in [3.63, 3.8) is 0 Å². The van der Waals surface area contributed by atoms with Gasteiger partial charge in [-0.3, -0.25) is 4.79 Å². The summed E-state index contributed by atoms with van der Waals surface area (Å²) < 4.78 is 5.27. The third-order valence-corrected chi connectivity index (χ3v) is 6.66. The maximum Gasteiger partial charge on any atom is 0.341 e. The van der Waals surface area contributed by atoms with Gasteiger partial charge in [-0.05, 0) is 49.5 Å². The molecule has 1 aromatic heterocycles. The van der Waals surface area contributed by atoms with Crippen molar-refractivity contribution in [3.8, 4) is 0 Å². The average molecular weight is 366 g/mol. The molecule has 1 atom stereocenters. The fourth-order valence-electron chi connectivity index (χ4n) is 3.47. The van der Waals surface area contributed by atoms with E-state index in [0.29, 0.717) is 29.5 Å². The topological polar surface area (TPSA) is 55.4 Å². The Balaban J connectivity index is 2.35. The molecule has 4 nitrogen and oxygen atoms in total. The summed E-state index contributed by atoms with van der Waals surface area (Å²) in [5.74, 6) is 0.273. The van der Waals surface area contributed by atoms with Crippen molar-refractivity contribution in [1.29, 1.82) is 0 Å². The van der Waals surface area contributed by atoms with Crippen LogP contribution in [-0.2, 0) is 22.4 Å². The maximum absolute atomic E-state index is 12.5. The molecule has 5 heteroatoms. The number of amides is 1. The van der Waals surface area contributed by atoms with E-state index in [1.54, 1.807) is 11.3 Å². The van der Waals surface area contributed by atoms with Gasteiger partial charge in [0.1, 0.15) is 5.00 Å². The summed E-state index contributed by atoms with van der Waals surface area (Å²) in [5.41, 5.74) is 1.98. The summed E-state index contributed by atoms with van der Waals surface area (Å²) >= 11 is 1.57. The van der Waals surface area contributed by atoms with Gasteiger partial charge in [0.2, 0.25) is 5.91 Å². The van der Waals surface area contributed by atoms with E-state index >= 15 is 0 Å². The van der Waals surface area contributed by atoms with Crippen molar-refractivity contribution >= 4 is 28.2 Å². The third kappa shape index (κ3) is 4.43. The van der Waals surface area contributed by atoms with Gasteiger partial charge in [-0.15, -0.1) is 11.3 Å². The van der Waals surface area contributed by atoms with Crippen LogP contribution in [0.4, 0.5) is 5.00 Å². The van der Waals surface area contributed by atoms with Gasteiger partial charge in [0.25, 0.3) is 0 Å². The minimum absolute atomic E-state index is 0.0305. The Morgan fingerprint density at radius 2 is 2.00 bits per heavy atom. The lowest BCUT2D eigenvalue weighted by Crippen LogP contribution is -2.28. The monoisotopic (exact) mass is 365 g/mol. The van der Waals surface area contributed by atoms with E-state index in [-0.39, 0.29) is 17.3 Å². The Labute approximate surface area is 155 Å². The van der Waals surface area contributed by atoms with Gasteiger partial charge in [-0.1, -0.05) is 34.1 Å². The number of anilines is 1. The Bertz CT molecular complexity index is 633. The first kappa shape index (κ1) is 20.0. The summed E-state index contributed by atoms with van der Waals surface area (Å²) in [6, 6.07) is 0. The Morgan fingerprint density at radius 3 is 2.60 bits per heavy atom. The van der Waals surface area contributed by atoms with Gasteiger partial charge >= 0.3 is 5.97 Å². The molecule has 1 aliphatic rings. The van der Waals surface area contributed by atoms with E-state index < -0.39 is 0 Å². The van der Waals surface area contributed by atoms with Gasteiger partial charge < -0.3 is 10.1 Å². The molecule has 2 rings (SSSR count). The minimum Gasteiger partial charge on any atom is -0.462 e. The first-order chi connectivity index (χ1) is 11.8. The van der Waals surface area contributed by atoms with Crippen LogP contribution >= 0.6 is 11.3 Å². The first-order valence-corrected chi connectivity index (χ1v) is 10.3. The zero-order valence-electron chi connectivity index (χ0n) is 16.2. The molecule has 1 aliphatic carbocycles. The van der Waals surface area contributed by atoms with Crippen LogP contribution < -0.4 is 5.32 Å². The molecule has 0 aromatic carbocycles. The number of esters is 1. The summed E-state index contributed by atoms with van der Waals surface area (Å²) in [5, 5.41) is 3.63. The quantitative estimate of drug-likeness (QED) is 0.675. The normalized spacial score (nSPS) is 17.1. The largest absolute Gasteiger partial charge is 0.462 e. The van der Waals surface area contributed by atoms with E-state index in [0.717, 1.165) is 37.7 Å². The van der Waals surface area contributed by atoms with Crippen molar-refractivity contribution < 1.29 is 14.3 Å². The van der Waals surface area contributed by atoms with Gasteiger partial charge in [0.15, 0.2) is 0 Å². The summed E-state index contributed by atoms with van der Waals surface area (Å²) in [7, 11) is 0. The summed E-state index contributed by atoms with van der Waals surface area (Å²) in [6.07, 6.45) is 5.35. The zero-order valence-corrected chi connectivity index (χ0v) is 17.0. The van der Waals surface area contributed by atoms with Crippen LogP contribution in [0.1, 0.15) is 81.1 Å². The van der Waals surface area contributed by atoms with E-state index in [1.165, 1.54) is 4.88 Å². The van der Waals surface area contributed by atoms with Crippen molar-refractivity contribution in [2.75, 3.05) is 11.9 Å². The molecule has 140 valence electrons. The number of nitrogens with one attached hydrogen (secondary N) is 1. The van der Waals surface area contributed by atoms with Crippen molar-refractivity contribution in [1.82, 2.24) is 0 Å². The third-order valence-electron chi connectivity index (χ3n) is 5.49. The van der Waals surface area contributed by atoms with Gasteiger partial charge in [0.05, 0.1) is 12.2 Å². The summed E-state index contributed by atoms with van der Waals surface area (Å²) in [4.78, 5) is 25.8. The number of ether oxygens (including phenoxy) is 1. The molecule has 0 unspecified atom stereocenters. The number of carbonyl (C=O) groups is 2. The average Bonchev–Trinajstić information content (AvgIpc) is 2.92. The number of thiophene rings is 1. The SMILES string of the molecule is CCCC(=O)Nc1sc2c(c1C(=O)OCC)CC[C@H](C(C)(C)CC)C2. The molecule has 25 heavy (non-hydrogen) atoms. The molecule has 0 radical (unpaired) electrons. The maximum atomic E-state index is 12.5. The highest BCUT2D eigenvalue weighted by Crippen LogP contribution is 2.45. The number of rotatable bonds is 7. The van der Waals surface area contributed by atoms with Crippen LogP contribution in [0.3, 0.4) is 0 Å². The molecule has 0 saturated heterocycles. The molecule has 0 saturated carbocycles. The van der Waals surface area contributed by atoms with E-state index in [2.05, 4.69) is 26.1 Å². The molecule has 0 aliphatic heterocycles. The fraction of sp³-hybridized carbons (Fsp3) is 0.700. The highest BCUT2D eigenvalue weighted by Gasteiger charge is 2.35. The lowest BCUT2D eigenvalue weighted by Gasteiger charge is -2.36. The highest BCUT2D eigenvalue weighted by molar-refractivity contribution is 7.17. The number of hydrogen-bond acceptors (Lipinski definition) is 4. The molecule has 0 bridgehead atoms. The van der Waals surface area contributed by atoms with Gasteiger partial charge in [-0.2, -0.15) is 0 Å². The molecule has 0 fully saturated rings. The van der Waals surface area contributed by atoms with Gasteiger partial charge in [-0.25, -0.2) is 4.79 Å². The van der Waals surface area contributed by atoms with Crippen LogP contribution in [0, 0.1) is 11.3 Å². The molecule has 1 N–H and O–H groups in total. The van der Waals surface area contributed by atoms with Crippen LogP contribution in [0.15, 0.2) is 0 Å². The van der Waals surface area contributed by atoms with Gasteiger partial charge in [0, 0.05) is 11.3 Å². The second-order valence-electron chi connectivity index (χ2n) is 7.51. The smallest absolute Gasteiger partial charge is 0.341 e. The highest BCUT2D eigenvalue weighted by atomic mass is 32.1. The number of hydrogen-bond donors (Lipinski definition) is 1. The molecule has 1 amide bonds. The molecule has 0 spiro atoms. The number of fused-ring (bicyclic) bond motifs is 1. The van der Waals surface area contributed by atoms with Crippen molar-refractivity contribution in [2.45, 2.75) is 73.1 Å². The van der Waals surface area contributed by atoms with Crippen molar-refractivity contribution in [2.24, 2.45) is 11.3 Å². The Kier molecular flexibility index (Phi) is 6.66. The van der Waals surface area contributed by atoms with Crippen molar-refractivity contribution in [3.05, 3.63) is 16.0 Å². The molecule has 1 aromatic rings. The van der Waals surface area contributed by atoms with E-state index in [1.807, 2.05) is 13.8 Å². The lowest BCUT2D eigenvalue weighted by atomic mass is 9.69. The van der Waals surface area contributed by atoms with E-state index in [9.17, 15) is 9.59 Å². The molecule has 1 heterocycles. The molecular weight excluding hydrogens is 334 g/mol. The van der Waals surface area contributed by atoms with Crippen LogP contribution in [0.25, 0.3) is 0 Å². The minimum atomic E-state index is -0.306. The predicted octanol–water partition coefficient (Wildman–Crippen LogP) is 5.20. The first-order valence-electron chi connectivity index (χ1n) is 9.45. The van der Waals surface area contributed by atoms with Crippen LogP contribution in [0.5, 0.6) is 0 Å². The summed E-state index contributed by atoms with van der Waals surface area (Å²) in [6.45, 7) is 11.0. The van der Waals surface area contributed by atoms with Crippen LogP contribution in [-0.4, -0.2) is 18.5 Å². The zero-order chi connectivity index (χ0) is 18.6. The Morgan fingerprint density at radius 1 is 1.28 bits per heavy atom. The number of carbonyl (C=O) groups excluding carboxylic acids is 2. The lowest BCUT2D eigenvalue weighted by molar-refractivity contribution is -0.116. The fourth-order valence-corrected chi connectivity index (χ4v) is 4.80. The Hall–Kier alpha value is -1.36. The van der Waals surface area contributed by atoms with E-state index in [4.69, 9.17) is 4.74 Å². The standard InChI is InChI=1S/C20H31NO3S/c1-6-9-16(22)21-18-17(19(23)24-8-3)14-11-10-13(12-15(14)25-18)20(4,5)7-2/h13H,6-12H2,1-5H3,(H,21,22)/t13-/m0/s1. The second kappa shape index (κ2) is 8.35.